The van der Waals surface area contributed by atoms with Gasteiger partial charge in [-0.2, -0.15) is 0 Å². The molecule has 0 spiro atoms. The van der Waals surface area contributed by atoms with E-state index in [-0.39, 0.29) is 0 Å². The summed E-state index contributed by atoms with van der Waals surface area (Å²) in [7, 11) is 6.26. The summed E-state index contributed by atoms with van der Waals surface area (Å²) >= 11 is 0. The van der Waals surface area contributed by atoms with Crippen LogP contribution in [-0.4, -0.2) is 45.2 Å². The van der Waals surface area contributed by atoms with Crippen LogP contribution < -0.4 is 10.2 Å². The molecule has 3 rings (SSSR count). The molecule has 24 heavy (non-hydrogen) atoms. The van der Waals surface area contributed by atoms with Crippen molar-refractivity contribution in [1.82, 2.24) is 4.90 Å². The molecule has 126 valence electrons. The van der Waals surface area contributed by atoms with Crippen molar-refractivity contribution >= 4 is 17.5 Å². The van der Waals surface area contributed by atoms with Crippen LogP contribution in [0.5, 0.6) is 0 Å². The average molecular weight is 325 g/mol. The van der Waals surface area contributed by atoms with Gasteiger partial charge in [0, 0.05) is 31.4 Å². The SMILES string of the molecule is CN(C)CCN(C)c1ccc(-c2ccc3c(c2)NC(=O)OC3)cc1. The maximum Gasteiger partial charge on any atom is 0.411 e. The molecule has 0 unspecified atom stereocenters. The molecule has 0 bridgehead atoms. The zero-order valence-electron chi connectivity index (χ0n) is 14.4. The highest BCUT2D eigenvalue weighted by molar-refractivity contribution is 5.89. The largest absolute Gasteiger partial charge is 0.444 e. The Kier molecular flexibility index (Phi) is 4.71. The molecule has 0 saturated carbocycles. The topological polar surface area (TPSA) is 44.8 Å². The summed E-state index contributed by atoms with van der Waals surface area (Å²) in [4.78, 5) is 15.8. The van der Waals surface area contributed by atoms with Crippen LogP contribution in [0.15, 0.2) is 42.5 Å². The van der Waals surface area contributed by atoms with E-state index in [4.69, 9.17) is 4.74 Å². The van der Waals surface area contributed by atoms with Gasteiger partial charge in [-0.15, -0.1) is 0 Å². The highest BCUT2D eigenvalue weighted by atomic mass is 16.5. The number of nitrogens with one attached hydrogen (secondary N) is 1. The number of hydrogen-bond donors (Lipinski definition) is 1. The van der Waals surface area contributed by atoms with E-state index < -0.39 is 6.09 Å². The first-order valence-corrected chi connectivity index (χ1v) is 8.06. The number of hydrogen-bond acceptors (Lipinski definition) is 4. The van der Waals surface area contributed by atoms with Crippen molar-refractivity contribution in [3.8, 4) is 11.1 Å². The lowest BCUT2D eigenvalue weighted by atomic mass is 10.0. The Morgan fingerprint density at radius 1 is 1.00 bits per heavy atom. The number of carbonyl (C=O) groups is 1. The van der Waals surface area contributed by atoms with E-state index in [2.05, 4.69) is 66.6 Å². The van der Waals surface area contributed by atoms with Crippen LogP contribution in [0.2, 0.25) is 0 Å². The third-order valence-corrected chi connectivity index (χ3v) is 4.23. The second-order valence-corrected chi connectivity index (χ2v) is 6.34. The van der Waals surface area contributed by atoms with Crippen molar-refractivity contribution in [2.45, 2.75) is 6.61 Å². The number of carbonyl (C=O) groups excluding carboxylic acids is 1. The number of ether oxygens (including phenoxy) is 1. The molecule has 5 nitrogen and oxygen atoms in total. The molecule has 1 amide bonds. The molecule has 2 aromatic rings. The smallest absolute Gasteiger partial charge is 0.411 e. The van der Waals surface area contributed by atoms with Gasteiger partial charge in [-0.1, -0.05) is 24.3 Å². The minimum absolute atomic E-state index is 0.330. The Morgan fingerprint density at radius 3 is 2.42 bits per heavy atom. The molecule has 0 fully saturated rings. The highest BCUT2D eigenvalue weighted by Gasteiger charge is 2.16. The molecule has 5 heteroatoms. The van der Waals surface area contributed by atoms with Crippen LogP contribution in [0, 0.1) is 0 Å². The molecule has 2 aromatic carbocycles. The predicted octanol–water partition coefficient (Wildman–Crippen LogP) is 3.41. The van der Waals surface area contributed by atoms with Gasteiger partial charge in [0.2, 0.25) is 0 Å². The van der Waals surface area contributed by atoms with Gasteiger partial charge < -0.3 is 14.5 Å². The van der Waals surface area contributed by atoms with Gasteiger partial charge in [-0.25, -0.2) is 4.79 Å². The van der Waals surface area contributed by atoms with Crippen molar-refractivity contribution in [1.29, 1.82) is 0 Å². The van der Waals surface area contributed by atoms with E-state index in [1.54, 1.807) is 0 Å². The molecule has 1 heterocycles. The Morgan fingerprint density at radius 2 is 1.71 bits per heavy atom. The third kappa shape index (κ3) is 3.68. The van der Waals surface area contributed by atoms with E-state index in [0.29, 0.717) is 6.61 Å². The van der Waals surface area contributed by atoms with E-state index >= 15 is 0 Å². The van der Waals surface area contributed by atoms with Crippen molar-refractivity contribution in [2.75, 3.05) is 44.4 Å². The van der Waals surface area contributed by atoms with Crippen molar-refractivity contribution in [3.05, 3.63) is 48.0 Å². The Labute approximate surface area is 142 Å². The molecule has 1 N–H and O–H groups in total. The lowest BCUT2D eigenvalue weighted by Crippen LogP contribution is -2.28. The van der Waals surface area contributed by atoms with Gasteiger partial charge in [0.1, 0.15) is 6.61 Å². The number of rotatable bonds is 5. The molecule has 0 radical (unpaired) electrons. The fourth-order valence-corrected chi connectivity index (χ4v) is 2.68. The van der Waals surface area contributed by atoms with Crippen LogP contribution in [-0.2, 0) is 11.3 Å². The van der Waals surface area contributed by atoms with Crippen LogP contribution in [0.4, 0.5) is 16.2 Å². The van der Waals surface area contributed by atoms with Gasteiger partial charge in [-0.05, 0) is 43.4 Å². The van der Waals surface area contributed by atoms with Gasteiger partial charge in [0.25, 0.3) is 0 Å². The van der Waals surface area contributed by atoms with E-state index in [1.807, 2.05) is 12.1 Å². The fraction of sp³-hybridized carbons (Fsp3) is 0.316. The highest BCUT2D eigenvalue weighted by Crippen LogP contribution is 2.29. The number of nitrogens with zero attached hydrogens (tertiary/aromatic N) is 2. The summed E-state index contributed by atoms with van der Waals surface area (Å²) in [5.41, 5.74) is 5.23. The normalized spacial score (nSPS) is 13.2. The average Bonchev–Trinajstić information content (AvgIpc) is 2.59. The third-order valence-electron chi connectivity index (χ3n) is 4.23. The Balaban J connectivity index is 1.76. The lowest BCUT2D eigenvalue weighted by Gasteiger charge is -2.22. The predicted molar refractivity (Wildman–Crippen MR) is 97.5 cm³/mol. The standard InChI is InChI=1S/C19H23N3O2/c1-21(2)10-11-22(3)17-8-6-14(7-9-17)15-4-5-16-13-24-19(23)20-18(16)12-15/h4-9,12H,10-11,13H2,1-3H3,(H,20,23). The van der Waals surface area contributed by atoms with Gasteiger partial charge in [0.15, 0.2) is 0 Å². The minimum atomic E-state index is -0.391. The molecule has 1 aliphatic rings. The quantitative estimate of drug-likeness (QED) is 0.915. The first-order valence-electron chi connectivity index (χ1n) is 8.06. The second-order valence-electron chi connectivity index (χ2n) is 6.34. The Hall–Kier alpha value is -2.53. The number of anilines is 2. The maximum atomic E-state index is 11.4. The lowest BCUT2D eigenvalue weighted by molar-refractivity contribution is 0.151. The maximum absolute atomic E-state index is 11.4. The van der Waals surface area contributed by atoms with Crippen molar-refractivity contribution in [3.63, 3.8) is 0 Å². The number of cyclic esters (lactones) is 1. The number of likely N-dealkylation sites (N-methyl/N-ethyl adjacent to an activating group) is 2. The van der Waals surface area contributed by atoms with E-state index in [9.17, 15) is 4.79 Å². The summed E-state index contributed by atoms with van der Waals surface area (Å²) in [6.45, 7) is 2.33. The molecule has 1 aliphatic heterocycles. The molecule has 0 saturated heterocycles. The number of benzene rings is 2. The van der Waals surface area contributed by atoms with Crippen LogP contribution in [0.25, 0.3) is 11.1 Å². The first kappa shape index (κ1) is 16.3. The summed E-state index contributed by atoms with van der Waals surface area (Å²) in [5.74, 6) is 0. The Bertz CT molecular complexity index is 726. The molecular weight excluding hydrogens is 302 g/mol. The van der Waals surface area contributed by atoms with E-state index in [1.165, 1.54) is 5.69 Å². The van der Waals surface area contributed by atoms with E-state index in [0.717, 1.165) is 35.5 Å². The molecular formula is C19H23N3O2. The van der Waals surface area contributed by atoms with Crippen LogP contribution in [0.3, 0.4) is 0 Å². The van der Waals surface area contributed by atoms with Gasteiger partial charge >= 0.3 is 6.09 Å². The van der Waals surface area contributed by atoms with Crippen LogP contribution >= 0.6 is 0 Å². The zero-order chi connectivity index (χ0) is 17.1. The minimum Gasteiger partial charge on any atom is -0.444 e. The van der Waals surface area contributed by atoms with Gasteiger partial charge in [-0.3, -0.25) is 5.32 Å². The van der Waals surface area contributed by atoms with Crippen molar-refractivity contribution < 1.29 is 9.53 Å². The zero-order valence-corrected chi connectivity index (χ0v) is 14.4. The fourth-order valence-electron chi connectivity index (χ4n) is 2.68. The first-order chi connectivity index (χ1) is 11.5. The summed E-state index contributed by atoms with van der Waals surface area (Å²) in [6, 6.07) is 14.6. The monoisotopic (exact) mass is 325 g/mol. The summed E-state index contributed by atoms with van der Waals surface area (Å²) in [6.07, 6.45) is -0.391. The summed E-state index contributed by atoms with van der Waals surface area (Å²) < 4.78 is 4.97. The molecule has 0 atom stereocenters. The number of fused-ring (bicyclic) bond motifs is 1. The second kappa shape index (κ2) is 6.93. The van der Waals surface area contributed by atoms with Crippen molar-refractivity contribution in [2.24, 2.45) is 0 Å². The molecule has 0 aromatic heterocycles. The number of amides is 1. The van der Waals surface area contributed by atoms with Crippen LogP contribution in [0.1, 0.15) is 5.56 Å². The van der Waals surface area contributed by atoms with Gasteiger partial charge in [0.05, 0.1) is 5.69 Å². The molecule has 0 aliphatic carbocycles. The summed E-state index contributed by atoms with van der Waals surface area (Å²) in [5, 5.41) is 2.75.